The zero-order chi connectivity index (χ0) is 13.5. The number of thiocarbonyl (C=S) groups is 1. The molecule has 0 spiro atoms. The predicted molar refractivity (Wildman–Crippen MR) is 81.5 cm³/mol. The van der Waals surface area contributed by atoms with Crippen molar-refractivity contribution in [2.45, 2.75) is 6.92 Å². The molecule has 0 saturated heterocycles. The van der Waals surface area contributed by atoms with Gasteiger partial charge >= 0.3 is 0 Å². The molecule has 2 aromatic carbocycles. The summed E-state index contributed by atoms with van der Waals surface area (Å²) < 4.78 is 0. The Morgan fingerprint density at radius 2 is 1.68 bits per heavy atom. The van der Waals surface area contributed by atoms with Crippen molar-refractivity contribution >= 4 is 28.7 Å². The lowest BCUT2D eigenvalue weighted by molar-refractivity contribution is 1.09. The highest BCUT2D eigenvalue weighted by molar-refractivity contribution is 7.80. The van der Waals surface area contributed by atoms with E-state index in [1.165, 1.54) is 0 Å². The van der Waals surface area contributed by atoms with Gasteiger partial charge in [-0.25, -0.2) is 0 Å². The zero-order valence-electron chi connectivity index (χ0n) is 10.5. The average Bonchev–Trinajstić information content (AvgIpc) is 2.45. The van der Waals surface area contributed by atoms with Gasteiger partial charge < -0.3 is 0 Å². The van der Waals surface area contributed by atoms with Crippen molar-refractivity contribution in [1.82, 2.24) is 5.43 Å². The van der Waals surface area contributed by atoms with Gasteiger partial charge in [0.15, 0.2) is 0 Å². The van der Waals surface area contributed by atoms with Gasteiger partial charge in [-0.15, -0.1) is 10.2 Å². The van der Waals surface area contributed by atoms with Gasteiger partial charge in [0.25, 0.3) is 0 Å². The largest absolute Gasteiger partial charge is 0.299 e. The number of aryl methyl sites for hydroxylation is 1. The summed E-state index contributed by atoms with van der Waals surface area (Å²) >= 11 is 5.06. The second-order valence-corrected chi connectivity index (χ2v) is 4.29. The van der Waals surface area contributed by atoms with Gasteiger partial charge in [0.05, 0.1) is 11.4 Å². The Bertz CT molecular complexity index is 581. The van der Waals surface area contributed by atoms with Gasteiger partial charge in [-0.3, -0.25) is 10.9 Å². The van der Waals surface area contributed by atoms with Crippen LogP contribution in [0.15, 0.2) is 64.8 Å². The highest BCUT2D eigenvalue weighted by Crippen LogP contribution is 2.17. The number of benzene rings is 2. The maximum absolute atomic E-state index is 5.06. The smallest absolute Gasteiger partial charge is 0.232 e. The summed E-state index contributed by atoms with van der Waals surface area (Å²) in [6.07, 6.45) is 0. The Hall–Kier alpha value is -2.27. The summed E-state index contributed by atoms with van der Waals surface area (Å²) in [7, 11) is 0. The van der Waals surface area contributed by atoms with Crippen LogP contribution in [-0.4, -0.2) is 5.11 Å². The Morgan fingerprint density at radius 3 is 2.42 bits per heavy atom. The third kappa shape index (κ3) is 4.15. The topological polar surface area (TPSA) is 48.8 Å². The van der Waals surface area contributed by atoms with Crippen LogP contribution < -0.4 is 10.9 Å². The molecule has 0 radical (unpaired) electrons. The molecule has 0 bridgehead atoms. The van der Waals surface area contributed by atoms with Crippen LogP contribution in [0, 0.1) is 6.92 Å². The number of para-hydroxylation sites is 1. The summed E-state index contributed by atoms with van der Waals surface area (Å²) in [5, 5.41) is 8.34. The van der Waals surface area contributed by atoms with Crippen LogP contribution in [0.4, 0.5) is 11.4 Å². The third-order valence-electron chi connectivity index (χ3n) is 2.45. The highest BCUT2D eigenvalue weighted by Gasteiger charge is 1.96. The van der Waals surface area contributed by atoms with E-state index in [1.807, 2.05) is 61.5 Å². The molecule has 5 heteroatoms. The molecule has 0 aromatic heterocycles. The van der Waals surface area contributed by atoms with Gasteiger partial charge in [-0.2, -0.15) is 0 Å². The summed E-state index contributed by atoms with van der Waals surface area (Å²) in [5.74, 6) is 0. The van der Waals surface area contributed by atoms with Gasteiger partial charge in [-0.1, -0.05) is 36.4 Å². The Morgan fingerprint density at radius 1 is 1.00 bits per heavy atom. The summed E-state index contributed by atoms with van der Waals surface area (Å²) in [4.78, 5) is 0. The van der Waals surface area contributed by atoms with E-state index in [-0.39, 0.29) is 5.11 Å². The first-order valence-electron chi connectivity index (χ1n) is 5.84. The molecule has 2 N–H and O–H groups in total. The average molecular weight is 270 g/mol. The van der Waals surface area contributed by atoms with E-state index in [0.29, 0.717) is 0 Å². The molecule has 0 atom stereocenters. The lowest BCUT2D eigenvalue weighted by atomic mass is 10.2. The monoisotopic (exact) mass is 270 g/mol. The summed E-state index contributed by atoms with van der Waals surface area (Å²) in [5.41, 5.74) is 8.54. The number of hydrogen-bond acceptors (Lipinski definition) is 3. The van der Waals surface area contributed by atoms with Crippen molar-refractivity contribution in [2.75, 3.05) is 5.43 Å². The molecule has 19 heavy (non-hydrogen) atoms. The van der Waals surface area contributed by atoms with Gasteiger partial charge in [0.1, 0.15) is 0 Å². The van der Waals surface area contributed by atoms with Crippen LogP contribution in [0.2, 0.25) is 0 Å². The lowest BCUT2D eigenvalue weighted by Gasteiger charge is -2.06. The third-order valence-corrected chi connectivity index (χ3v) is 2.64. The van der Waals surface area contributed by atoms with E-state index in [4.69, 9.17) is 12.2 Å². The maximum atomic E-state index is 5.06. The second kappa shape index (κ2) is 6.61. The Kier molecular flexibility index (Phi) is 4.58. The quantitative estimate of drug-likeness (QED) is 0.504. The van der Waals surface area contributed by atoms with Crippen molar-refractivity contribution in [2.24, 2.45) is 10.2 Å². The fraction of sp³-hybridized carbons (Fsp3) is 0.0714. The molecule has 96 valence electrons. The lowest BCUT2D eigenvalue weighted by Crippen LogP contribution is -2.25. The molecule has 0 fully saturated rings. The van der Waals surface area contributed by atoms with Crippen molar-refractivity contribution in [3.63, 3.8) is 0 Å². The van der Waals surface area contributed by atoms with E-state index in [0.717, 1.165) is 16.9 Å². The minimum absolute atomic E-state index is 0.284. The van der Waals surface area contributed by atoms with Crippen LogP contribution in [-0.2, 0) is 0 Å². The minimum atomic E-state index is 0.284. The fourth-order valence-electron chi connectivity index (χ4n) is 1.45. The van der Waals surface area contributed by atoms with E-state index in [9.17, 15) is 0 Å². The maximum Gasteiger partial charge on any atom is 0.232 e. The predicted octanol–water partition coefficient (Wildman–Crippen LogP) is 3.98. The second-order valence-electron chi connectivity index (χ2n) is 3.91. The van der Waals surface area contributed by atoms with Crippen molar-refractivity contribution in [3.05, 3.63) is 60.2 Å². The first kappa shape index (κ1) is 13.2. The van der Waals surface area contributed by atoms with Gasteiger partial charge in [0, 0.05) is 0 Å². The van der Waals surface area contributed by atoms with E-state index < -0.39 is 0 Å². The van der Waals surface area contributed by atoms with Crippen LogP contribution >= 0.6 is 12.2 Å². The van der Waals surface area contributed by atoms with E-state index in [1.54, 1.807) is 0 Å². The molecule has 0 saturated carbocycles. The van der Waals surface area contributed by atoms with Crippen LogP contribution in [0.1, 0.15) is 5.56 Å². The van der Waals surface area contributed by atoms with E-state index in [2.05, 4.69) is 21.1 Å². The first-order valence-corrected chi connectivity index (χ1v) is 6.25. The number of azo groups is 1. The van der Waals surface area contributed by atoms with Crippen LogP contribution in [0.5, 0.6) is 0 Å². The Labute approximate surface area is 117 Å². The normalized spacial score (nSPS) is 10.4. The molecular formula is C14H14N4S. The van der Waals surface area contributed by atoms with Gasteiger partial charge in [0.2, 0.25) is 5.11 Å². The minimum Gasteiger partial charge on any atom is -0.299 e. The van der Waals surface area contributed by atoms with Crippen molar-refractivity contribution in [3.8, 4) is 0 Å². The van der Waals surface area contributed by atoms with Crippen molar-refractivity contribution < 1.29 is 0 Å². The molecular weight excluding hydrogens is 256 g/mol. The van der Waals surface area contributed by atoms with Crippen molar-refractivity contribution in [1.29, 1.82) is 0 Å². The van der Waals surface area contributed by atoms with Crippen LogP contribution in [0.3, 0.4) is 0 Å². The molecule has 0 heterocycles. The summed E-state index contributed by atoms with van der Waals surface area (Å²) in [6.45, 7) is 1.98. The number of anilines is 1. The number of nitrogens with zero attached hydrogens (tertiary/aromatic N) is 2. The summed E-state index contributed by atoms with van der Waals surface area (Å²) in [6, 6.07) is 17.4. The molecule has 0 aliphatic rings. The standard InChI is InChI=1S/C14H14N4S/c1-11-7-5-6-10-13(11)16-18-14(19)17-15-12-8-3-2-4-9-12/h2-10,15H,1H3,(H,17,19). The zero-order valence-corrected chi connectivity index (χ0v) is 11.3. The fourth-order valence-corrected chi connectivity index (χ4v) is 1.54. The molecule has 0 aliphatic heterocycles. The number of nitrogens with one attached hydrogen (secondary N) is 2. The number of hydrogen-bond donors (Lipinski definition) is 2. The highest BCUT2D eigenvalue weighted by atomic mass is 32.1. The number of rotatable bonds is 3. The molecule has 0 amide bonds. The Balaban J connectivity index is 1.90. The first-order chi connectivity index (χ1) is 9.25. The van der Waals surface area contributed by atoms with Gasteiger partial charge in [-0.05, 0) is 42.9 Å². The van der Waals surface area contributed by atoms with E-state index >= 15 is 0 Å². The molecule has 2 aromatic rings. The molecule has 2 rings (SSSR count). The van der Waals surface area contributed by atoms with Crippen LogP contribution in [0.25, 0.3) is 0 Å². The SMILES string of the molecule is Cc1ccccc1N=NC(=S)NNc1ccccc1. The molecule has 0 aliphatic carbocycles. The number of hydrazine groups is 1. The molecule has 0 unspecified atom stereocenters. The molecule has 4 nitrogen and oxygen atoms in total.